The van der Waals surface area contributed by atoms with E-state index in [0.717, 1.165) is 0 Å². The molecule has 476 valence electrons. The van der Waals surface area contributed by atoms with Crippen LogP contribution in [0.1, 0.15) is 0 Å². The van der Waals surface area contributed by atoms with E-state index >= 15 is 0 Å². The summed E-state index contributed by atoms with van der Waals surface area (Å²) in [7, 11) is 0. The Hall–Kier alpha value is -10.4. The Morgan fingerprint density at radius 1 is 0.190 bits per heavy atom. The maximum absolute atomic E-state index is 2.30. The number of para-hydroxylation sites is 4. The van der Waals surface area contributed by atoms with Crippen LogP contribution in [0.3, 0.4) is 0 Å². The molecule has 0 fully saturated rings. The normalized spacial score (nSPS) is 10.9. The summed E-state index contributed by atoms with van der Waals surface area (Å²) in [5, 5.41) is 15.4. The van der Waals surface area contributed by atoms with Crippen LogP contribution in [0.25, 0.3) is 154 Å². The van der Waals surface area contributed by atoms with Crippen LogP contribution in [0.4, 0.5) is 0 Å². The molecule has 8 heteroatoms. The van der Waals surface area contributed by atoms with Gasteiger partial charge in [0.2, 0.25) is 0 Å². The first-order valence-electron chi connectivity index (χ1n) is 32.9. The SMILES string of the molecule is [Cl-].[Cl-].[Zr+2].[Zr+2].c1ccc(-c2cc3c(-n4ccc5ccccc54)cccc3[cH-]2)cc1.c1ccc(-c2cc3c(-n4ccc5ccccc54)cccc3[cH-]2)cc1.c1ccc(-c2cc3c(-n4ccc5ccccc54)cccc3[cH-]2)cc1.c1ccc(-c2cc3c(-n4ccc5ccccc54)cccc3[cH-]2)cc1. The van der Waals surface area contributed by atoms with Crippen molar-refractivity contribution in [2.75, 3.05) is 0 Å². The monoisotopic (exact) mass is 1470 g/mol. The summed E-state index contributed by atoms with van der Waals surface area (Å²) >= 11 is 0. The van der Waals surface area contributed by atoms with Gasteiger partial charge in [0.25, 0.3) is 0 Å². The van der Waals surface area contributed by atoms with E-state index in [0.29, 0.717) is 0 Å². The first-order valence-corrected chi connectivity index (χ1v) is 32.9. The van der Waals surface area contributed by atoms with Crippen molar-refractivity contribution in [1.82, 2.24) is 18.3 Å². The van der Waals surface area contributed by atoms with E-state index in [1.54, 1.807) is 0 Å². The second-order valence-electron chi connectivity index (χ2n) is 24.5. The Labute approximate surface area is 632 Å². The minimum atomic E-state index is 0. The topological polar surface area (TPSA) is 19.7 Å². The number of benzene rings is 12. The molecule has 0 aliphatic carbocycles. The summed E-state index contributed by atoms with van der Waals surface area (Å²) < 4.78 is 9.14. The number of halogens is 2. The predicted octanol–water partition coefficient (Wildman–Crippen LogP) is 18.7. The molecular formula is C92H64Cl2N4Zr2-2. The maximum atomic E-state index is 2.30. The number of hydrogen-bond donors (Lipinski definition) is 0. The third-order valence-electron chi connectivity index (χ3n) is 18.8. The number of fused-ring (bicyclic) bond motifs is 8. The van der Waals surface area contributed by atoms with Gasteiger partial charge in [0.15, 0.2) is 0 Å². The van der Waals surface area contributed by atoms with E-state index in [-0.39, 0.29) is 77.2 Å². The largest absolute Gasteiger partial charge is 2.00 e. The Morgan fingerprint density at radius 2 is 0.390 bits per heavy atom. The molecule has 0 saturated carbocycles. The molecule has 20 rings (SSSR count). The number of aromatic nitrogens is 4. The van der Waals surface area contributed by atoms with Gasteiger partial charge in [-0.25, -0.2) is 0 Å². The zero-order valence-corrected chi connectivity index (χ0v) is 60.9. The maximum Gasteiger partial charge on any atom is 2.00 e. The van der Waals surface area contributed by atoms with E-state index in [9.17, 15) is 0 Å². The Bertz CT molecular complexity index is 5350. The smallest absolute Gasteiger partial charge is 1.00 e. The molecule has 0 N–H and O–H groups in total. The molecule has 4 heterocycles. The van der Waals surface area contributed by atoms with Crippen molar-refractivity contribution < 1.29 is 77.2 Å². The van der Waals surface area contributed by atoms with Crippen LogP contribution in [0.15, 0.2) is 389 Å². The van der Waals surface area contributed by atoms with E-state index < -0.39 is 0 Å². The van der Waals surface area contributed by atoms with Gasteiger partial charge in [-0.15, -0.1) is 117 Å². The summed E-state index contributed by atoms with van der Waals surface area (Å²) in [5.41, 5.74) is 20.0. The molecule has 4 aromatic heterocycles. The molecule has 0 aliphatic heterocycles. The Kier molecular flexibility index (Phi) is 20.7. The minimum Gasteiger partial charge on any atom is -1.00 e. The molecule has 100 heavy (non-hydrogen) atoms. The zero-order chi connectivity index (χ0) is 63.7. The molecule has 0 aliphatic rings. The minimum absolute atomic E-state index is 0. The summed E-state index contributed by atoms with van der Waals surface area (Å²) in [6, 6.07) is 129. The van der Waals surface area contributed by atoms with Crippen molar-refractivity contribution in [3.63, 3.8) is 0 Å². The Morgan fingerprint density at radius 3 is 0.610 bits per heavy atom. The number of rotatable bonds is 8. The number of hydrogen-bond acceptors (Lipinski definition) is 0. The second-order valence-corrected chi connectivity index (χ2v) is 24.5. The molecular weight excluding hydrogens is 1410 g/mol. The quantitative estimate of drug-likeness (QED) is 0.135. The van der Waals surface area contributed by atoms with Crippen LogP contribution in [0, 0.1) is 0 Å². The van der Waals surface area contributed by atoms with Crippen LogP contribution in [0.5, 0.6) is 0 Å². The molecule has 0 saturated heterocycles. The summed E-state index contributed by atoms with van der Waals surface area (Å²) in [6.45, 7) is 0. The van der Waals surface area contributed by atoms with Gasteiger partial charge in [-0.2, -0.15) is 0 Å². The molecule has 16 aromatic carbocycles. The van der Waals surface area contributed by atoms with Gasteiger partial charge in [0.05, 0.1) is 22.1 Å². The Balaban J connectivity index is 0.000000118. The molecule has 4 nitrogen and oxygen atoms in total. The van der Waals surface area contributed by atoms with E-state index in [1.807, 2.05) is 0 Å². The van der Waals surface area contributed by atoms with Gasteiger partial charge in [-0.3, -0.25) is 0 Å². The van der Waals surface area contributed by atoms with Crippen LogP contribution < -0.4 is 24.8 Å². The van der Waals surface area contributed by atoms with Gasteiger partial charge in [-0.1, -0.05) is 286 Å². The molecule has 20 aromatic rings. The second kappa shape index (κ2) is 30.4. The first-order chi connectivity index (χ1) is 47.6. The van der Waals surface area contributed by atoms with E-state index in [1.165, 1.54) is 154 Å². The molecule has 0 unspecified atom stereocenters. The van der Waals surface area contributed by atoms with Crippen molar-refractivity contribution in [3.8, 4) is 67.3 Å². The van der Waals surface area contributed by atoms with E-state index in [2.05, 4.69) is 407 Å². The summed E-state index contributed by atoms with van der Waals surface area (Å²) in [6.07, 6.45) is 8.65. The molecule has 0 atom stereocenters. The van der Waals surface area contributed by atoms with Gasteiger partial charge in [0, 0.05) is 47.5 Å². The van der Waals surface area contributed by atoms with Gasteiger partial charge in [-0.05, 0) is 70.1 Å². The predicted molar refractivity (Wildman–Crippen MR) is 407 cm³/mol. The van der Waals surface area contributed by atoms with Crippen molar-refractivity contribution in [2.24, 2.45) is 0 Å². The standard InChI is InChI=1S/4C23H16N.2ClH.2Zr/c4*1-2-7-17(8-3-1)20-15-19-10-6-12-23(21(19)16-20)24-14-13-18-9-4-5-11-22(18)24;;;;/h4*1-16H;2*1H;;/q4*-1;;;2*+2/p-2. The fourth-order valence-corrected chi connectivity index (χ4v) is 14.1. The van der Waals surface area contributed by atoms with Crippen molar-refractivity contribution >= 4 is 86.7 Å². The summed E-state index contributed by atoms with van der Waals surface area (Å²) in [5.74, 6) is 0. The fraction of sp³-hybridized carbons (Fsp3) is 0. The van der Waals surface area contributed by atoms with Crippen LogP contribution in [-0.2, 0) is 52.4 Å². The van der Waals surface area contributed by atoms with Crippen molar-refractivity contribution in [3.05, 3.63) is 389 Å². The molecule has 0 bridgehead atoms. The molecule has 0 radical (unpaired) electrons. The van der Waals surface area contributed by atoms with Crippen LogP contribution in [0.2, 0.25) is 0 Å². The fourth-order valence-electron chi connectivity index (χ4n) is 14.1. The molecule has 0 amide bonds. The van der Waals surface area contributed by atoms with Crippen molar-refractivity contribution in [1.29, 1.82) is 0 Å². The van der Waals surface area contributed by atoms with Crippen LogP contribution in [-0.4, -0.2) is 18.3 Å². The third kappa shape index (κ3) is 13.4. The van der Waals surface area contributed by atoms with E-state index in [4.69, 9.17) is 0 Å². The molecule has 0 spiro atoms. The van der Waals surface area contributed by atoms with Crippen molar-refractivity contribution in [2.45, 2.75) is 0 Å². The third-order valence-corrected chi connectivity index (χ3v) is 18.8. The van der Waals surface area contributed by atoms with Gasteiger partial charge < -0.3 is 43.1 Å². The van der Waals surface area contributed by atoms with Gasteiger partial charge in [0.1, 0.15) is 0 Å². The zero-order valence-electron chi connectivity index (χ0n) is 54.5. The average molecular weight is 1480 g/mol. The van der Waals surface area contributed by atoms with Gasteiger partial charge >= 0.3 is 52.4 Å². The summed E-state index contributed by atoms with van der Waals surface area (Å²) in [4.78, 5) is 0. The first kappa shape index (κ1) is 68.1. The van der Waals surface area contributed by atoms with Crippen LogP contribution >= 0.6 is 0 Å². The average Bonchev–Trinajstić information content (AvgIpc) is 1.64. The number of nitrogens with zero attached hydrogens (tertiary/aromatic N) is 4.